The minimum atomic E-state index is 0.117. The van der Waals surface area contributed by atoms with Gasteiger partial charge in [-0.15, -0.1) is 11.3 Å². The molecule has 5 heteroatoms. The summed E-state index contributed by atoms with van der Waals surface area (Å²) in [5, 5.41) is 4.16. The van der Waals surface area contributed by atoms with Crippen LogP contribution in [-0.2, 0) is 4.79 Å². The van der Waals surface area contributed by atoms with Crippen molar-refractivity contribution in [1.29, 1.82) is 0 Å². The van der Waals surface area contributed by atoms with Crippen molar-refractivity contribution in [1.82, 2.24) is 10.3 Å². The van der Waals surface area contributed by atoms with E-state index in [1.165, 1.54) is 9.60 Å². The van der Waals surface area contributed by atoms with Crippen molar-refractivity contribution < 1.29 is 9.69 Å². The molecule has 0 bridgehead atoms. The summed E-state index contributed by atoms with van der Waals surface area (Å²) in [6.45, 7) is 6.81. The molecule has 4 nitrogen and oxygen atoms in total. The number of aromatic nitrogens is 1. The molecular formula is C17H26N3OS+. The highest BCUT2D eigenvalue weighted by molar-refractivity contribution is 7.18. The Morgan fingerprint density at radius 1 is 1.36 bits per heavy atom. The molecule has 22 heavy (non-hydrogen) atoms. The van der Waals surface area contributed by atoms with E-state index in [1.807, 2.05) is 18.2 Å². The van der Waals surface area contributed by atoms with Crippen molar-refractivity contribution in [2.75, 3.05) is 13.6 Å². The number of amides is 1. The van der Waals surface area contributed by atoms with E-state index >= 15 is 0 Å². The normalized spacial score (nSPS) is 15.5. The van der Waals surface area contributed by atoms with Crippen LogP contribution < -0.4 is 10.2 Å². The van der Waals surface area contributed by atoms with E-state index in [-0.39, 0.29) is 18.0 Å². The van der Waals surface area contributed by atoms with Gasteiger partial charge >= 0.3 is 0 Å². The van der Waals surface area contributed by atoms with E-state index in [4.69, 9.17) is 4.98 Å². The maximum Gasteiger partial charge on any atom is 0.275 e. The Kier molecular flexibility index (Phi) is 5.91. The van der Waals surface area contributed by atoms with Crippen molar-refractivity contribution in [2.45, 2.75) is 45.7 Å². The Balaban J connectivity index is 1.96. The quantitative estimate of drug-likeness (QED) is 0.821. The van der Waals surface area contributed by atoms with Crippen molar-refractivity contribution >= 4 is 27.5 Å². The van der Waals surface area contributed by atoms with Crippen molar-refractivity contribution in [2.24, 2.45) is 0 Å². The van der Waals surface area contributed by atoms with Crippen LogP contribution in [0, 0.1) is 0 Å². The van der Waals surface area contributed by atoms with Gasteiger partial charge in [0.05, 0.1) is 17.3 Å². The summed E-state index contributed by atoms with van der Waals surface area (Å²) < 4.78 is 1.21. The lowest BCUT2D eigenvalue weighted by atomic mass is 10.2. The first-order chi connectivity index (χ1) is 10.5. The third kappa shape index (κ3) is 4.27. The van der Waals surface area contributed by atoms with E-state index in [0.717, 1.165) is 23.4 Å². The molecule has 1 amide bonds. The molecule has 2 N–H and O–H groups in total. The van der Waals surface area contributed by atoms with Gasteiger partial charge in [0.15, 0.2) is 11.6 Å². The number of hydrogen-bond acceptors (Lipinski definition) is 3. The van der Waals surface area contributed by atoms with Crippen LogP contribution in [0.3, 0.4) is 0 Å². The number of nitrogens with zero attached hydrogens (tertiary/aromatic N) is 1. The van der Waals surface area contributed by atoms with Crippen LogP contribution in [0.15, 0.2) is 24.3 Å². The predicted octanol–water partition coefficient (Wildman–Crippen LogP) is 2.18. The number of nitrogens with one attached hydrogen (secondary N) is 2. The first-order valence-corrected chi connectivity index (χ1v) is 8.80. The van der Waals surface area contributed by atoms with Crippen molar-refractivity contribution in [3.8, 4) is 0 Å². The second kappa shape index (κ2) is 7.70. The number of likely N-dealkylation sites (N-methyl/N-ethyl adjacent to an activating group) is 1. The standard InChI is InChI=1S/C17H25N3OS/c1-5-8-12(2)18-16(21)11-20(4)13(3)17-19-14-9-6-7-10-15(14)22-17/h6-7,9-10,12-13H,5,8,11H2,1-4H3,(H,18,21)/p+1/t12-,13+/m1/s1. The molecule has 0 saturated carbocycles. The average molecular weight is 320 g/mol. The molecule has 1 aromatic heterocycles. The fraction of sp³-hybridized carbons (Fsp3) is 0.529. The molecule has 0 saturated heterocycles. The second-order valence-corrected chi connectivity index (χ2v) is 7.08. The molecule has 1 heterocycles. The summed E-state index contributed by atoms with van der Waals surface area (Å²) in [5.74, 6) is 0.117. The summed E-state index contributed by atoms with van der Waals surface area (Å²) in [6, 6.07) is 8.64. The van der Waals surface area contributed by atoms with Crippen LogP contribution in [0.2, 0.25) is 0 Å². The molecule has 1 unspecified atom stereocenters. The number of fused-ring (bicyclic) bond motifs is 1. The van der Waals surface area contributed by atoms with Crippen LogP contribution in [0.5, 0.6) is 0 Å². The number of thiazole rings is 1. The zero-order chi connectivity index (χ0) is 16.1. The number of para-hydroxylation sites is 1. The highest BCUT2D eigenvalue weighted by Crippen LogP contribution is 2.24. The van der Waals surface area contributed by atoms with Gasteiger partial charge in [-0.1, -0.05) is 25.5 Å². The highest BCUT2D eigenvalue weighted by atomic mass is 32.1. The molecule has 0 aliphatic carbocycles. The zero-order valence-corrected chi connectivity index (χ0v) is 14.7. The number of carbonyl (C=O) groups is 1. The van der Waals surface area contributed by atoms with E-state index in [2.05, 4.69) is 39.2 Å². The molecular weight excluding hydrogens is 294 g/mol. The minimum absolute atomic E-state index is 0.117. The van der Waals surface area contributed by atoms with Gasteiger partial charge in [-0.3, -0.25) is 4.79 Å². The van der Waals surface area contributed by atoms with E-state index in [0.29, 0.717) is 6.54 Å². The SMILES string of the molecule is CCC[C@@H](C)NC(=O)C[NH+](C)[C@@H](C)c1nc2ccccc2s1. The van der Waals surface area contributed by atoms with Crippen molar-refractivity contribution in [3.63, 3.8) is 0 Å². The predicted molar refractivity (Wildman–Crippen MR) is 92.3 cm³/mol. The number of benzene rings is 1. The van der Waals surface area contributed by atoms with Gasteiger partial charge < -0.3 is 10.2 Å². The summed E-state index contributed by atoms with van der Waals surface area (Å²) in [6.07, 6.45) is 2.12. The molecule has 0 fully saturated rings. The highest BCUT2D eigenvalue weighted by Gasteiger charge is 2.22. The Hall–Kier alpha value is -1.46. The number of hydrogen-bond donors (Lipinski definition) is 2. The van der Waals surface area contributed by atoms with Gasteiger partial charge in [0.25, 0.3) is 5.91 Å². The van der Waals surface area contributed by atoms with E-state index < -0.39 is 0 Å². The molecule has 120 valence electrons. The maximum absolute atomic E-state index is 12.1. The number of carbonyl (C=O) groups excluding carboxylic acids is 1. The van der Waals surface area contributed by atoms with Gasteiger partial charge in [0, 0.05) is 6.04 Å². The Morgan fingerprint density at radius 2 is 2.09 bits per heavy atom. The Labute approximate surface area is 136 Å². The van der Waals surface area contributed by atoms with Gasteiger partial charge in [0.1, 0.15) is 6.04 Å². The Morgan fingerprint density at radius 3 is 2.77 bits per heavy atom. The third-order valence-corrected chi connectivity index (χ3v) is 5.21. The van der Waals surface area contributed by atoms with Gasteiger partial charge in [-0.2, -0.15) is 0 Å². The molecule has 0 aliphatic rings. The summed E-state index contributed by atoms with van der Waals surface area (Å²) in [5.41, 5.74) is 1.04. The summed E-state index contributed by atoms with van der Waals surface area (Å²) in [4.78, 5) is 18.0. The lowest BCUT2D eigenvalue weighted by Crippen LogP contribution is -3.10. The van der Waals surface area contributed by atoms with Crippen LogP contribution in [0.25, 0.3) is 10.2 Å². The second-order valence-electron chi connectivity index (χ2n) is 6.02. The van der Waals surface area contributed by atoms with Gasteiger partial charge in [-0.05, 0) is 32.4 Å². The fourth-order valence-electron chi connectivity index (χ4n) is 2.52. The van der Waals surface area contributed by atoms with Crippen LogP contribution in [0.1, 0.15) is 44.7 Å². The van der Waals surface area contributed by atoms with Gasteiger partial charge in [-0.25, -0.2) is 4.98 Å². The first kappa shape index (κ1) is 16.9. The molecule has 0 radical (unpaired) electrons. The van der Waals surface area contributed by atoms with Crippen LogP contribution in [-0.4, -0.2) is 30.5 Å². The summed E-state index contributed by atoms with van der Waals surface area (Å²) >= 11 is 1.72. The first-order valence-electron chi connectivity index (χ1n) is 7.98. The third-order valence-electron chi connectivity index (χ3n) is 3.99. The average Bonchev–Trinajstić information content (AvgIpc) is 2.90. The molecule has 1 aromatic carbocycles. The summed E-state index contributed by atoms with van der Waals surface area (Å²) in [7, 11) is 2.06. The molecule has 3 atom stereocenters. The monoisotopic (exact) mass is 320 g/mol. The number of quaternary nitrogens is 1. The van der Waals surface area contributed by atoms with Gasteiger partial charge in [0.2, 0.25) is 0 Å². The lowest BCUT2D eigenvalue weighted by molar-refractivity contribution is -0.902. The Bertz CT molecular complexity index is 592. The lowest BCUT2D eigenvalue weighted by Gasteiger charge is -2.20. The molecule has 0 spiro atoms. The largest absolute Gasteiger partial charge is 0.349 e. The molecule has 2 rings (SSSR count). The zero-order valence-electron chi connectivity index (χ0n) is 13.8. The smallest absolute Gasteiger partial charge is 0.275 e. The van der Waals surface area contributed by atoms with Crippen molar-refractivity contribution in [3.05, 3.63) is 29.3 Å². The topological polar surface area (TPSA) is 46.4 Å². The fourth-order valence-corrected chi connectivity index (χ4v) is 3.64. The van der Waals surface area contributed by atoms with Crippen LogP contribution >= 0.6 is 11.3 Å². The van der Waals surface area contributed by atoms with Crippen LogP contribution in [0.4, 0.5) is 0 Å². The number of rotatable bonds is 7. The van der Waals surface area contributed by atoms with E-state index in [9.17, 15) is 4.79 Å². The minimum Gasteiger partial charge on any atom is -0.349 e. The molecule has 2 aromatic rings. The van der Waals surface area contributed by atoms with E-state index in [1.54, 1.807) is 11.3 Å². The molecule has 0 aliphatic heterocycles. The maximum atomic E-state index is 12.1.